The van der Waals surface area contributed by atoms with Crippen LogP contribution in [-0.2, 0) is 4.79 Å². The van der Waals surface area contributed by atoms with Crippen molar-refractivity contribution in [2.45, 2.75) is 13.3 Å². The summed E-state index contributed by atoms with van der Waals surface area (Å²) in [5.74, 6) is 0.0245. The number of Topliss-reactive ketones (excluding diaryl/α,β-unsaturated/α-hetero) is 1. The van der Waals surface area contributed by atoms with E-state index < -0.39 is 0 Å². The summed E-state index contributed by atoms with van der Waals surface area (Å²) in [6.07, 6.45) is 0.684. The van der Waals surface area contributed by atoms with E-state index in [0.717, 1.165) is 0 Å². The zero-order valence-electron chi connectivity index (χ0n) is 15.0. The van der Waals surface area contributed by atoms with E-state index in [1.54, 1.807) is 42.5 Å². The summed E-state index contributed by atoms with van der Waals surface area (Å²) >= 11 is 0. The zero-order valence-corrected chi connectivity index (χ0v) is 15.0. The zero-order chi connectivity index (χ0) is 18.9. The van der Waals surface area contributed by atoms with Crippen LogP contribution in [0.4, 0.5) is 10.1 Å². The van der Waals surface area contributed by atoms with Crippen LogP contribution in [0.3, 0.4) is 0 Å². The Bertz CT molecular complexity index is 747. The van der Waals surface area contributed by atoms with Gasteiger partial charge in [-0.05, 0) is 49.7 Å². The Kier molecular flexibility index (Phi) is 7.14. The molecule has 0 bridgehead atoms. The van der Waals surface area contributed by atoms with E-state index in [9.17, 15) is 14.0 Å². The standard InChI is InChI=1S/C20H23FN2O3/c1-15(24)16-8-10-17(11-9-16)26-14-20(25)22-12-5-13-23(2)19-7-4-3-6-18(19)21/h3-4,6-11H,5,12-14H2,1-2H3,(H,22,25). The van der Waals surface area contributed by atoms with Crippen LogP contribution in [0.5, 0.6) is 5.75 Å². The van der Waals surface area contributed by atoms with Crippen LogP contribution in [0.15, 0.2) is 48.5 Å². The van der Waals surface area contributed by atoms with Gasteiger partial charge in [0.05, 0.1) is 5.69 Å². The lowest BCUT2D eigenvalue weighted by Crippen LogP contribution is -2.31. The van der Waals surface area contributed by atoms with Crippen LogP contribution >= 0.6 is 0 Å². The molecule has 6 heteroatoms. The Morgan fingerprint density at radius 3 is 2.46 bits per heavy atom. The van der Waals surface area contributed by atoms with E-state index in [1.807, 2.05) is 11.9 Å². The smallest absolute Gasteiger partial charge is 0.257 e. The first kappa shape index (κ1) is 19.4. The molecule has 0 spiro atoms. The molecular formula is C20H23FN2O3. The number of carbonyl (C=O) groups excluding carboxylic acids is 2. The van der Waals surface area contributed by atoms with Crippen molar-refractivity contribution in [3.63, 3.8) is 0 Å². The molecule has 1 N–H and O–H groups in total. The number of benzene rings is 2. The summed E-state index contributed by atoms with van der Waals surface area (Å²) in [6.45, 7) is 2.49. The quantitative estimate of drug-likeness (QED) is 0.553. The Labute approximate surface area is 152 Å². The highest BCUT2D eigenvalue weighted by molar-refractivity contribution is 5.94. The van der Waals surface area contributed by atoms with Crippen molar-refractivity contribution in [1.29, 1.82) is 0 Å². The topological polar surface area (TPSA) is 58.6 Å². The Hall–Kier alpha value is -2.89. The minimum atomic E-state index is -0.261. The molecular weight excluding hydrogens is 335 g/mol. The molecule has 0 aliphatic heterocycles. The van der Waals surface area contributed by atoms with E-state index in [2.05, 4.69) is 5.32 Å². The number of ketones is 1. The first-order chi connectivity index (χ1) is 12.5. The number of nitrogens with one attached hydrogen (secondary N) is 1. The van der Waals surface area contributed by atoms with Crippen molar-refractivity contribution >= 4 is 17.4 Å². The monoisotopic (exact) mass is 358 g/mol. The van der Waals surface area contributed by atoms with Gasteiger partial charge in [0.25, 0.3) is 5.91 Å². The molecule has 138 valence electrons. The van der Waals surface area contributed by atoms with Crippen molar-refractivity contribution in [1.82, 2.24) is 5.32 Å². The third kappa shape index (κ3) is 5.88. The van der Waals surface area contributed by atoms with Crippen LogP contribution in [-0.4, -0.2) is 38.4 Å². The number of para-hydroxylation sites is 1. The highest BCUT2D eigenvalue weighted by Crippen LogP contribution is 2.16. The predicted octanol–water partition coefficient (Wildman–Crippen LogP) is 3.05. The largest absolute Gasteiger partial charge is 0.484 e. The third-order valence-corrected chi connectivity index (χ3v) is 3.89. The molecule has 0 saturated carbocycles. The summed E-state index contributed by atoms with van der Waals surface area (Å²) in [7, 11) is 1.81. The molecule has 0 unspecified atom stereocenters. The lowest BCUT2D eigenvalue weighted by Gasteiger charge is -2.19. The fourth-order valence-corrected chi connectivity index (χ4v) is 2.41. The minimum absolute atomic E-state index is 0.0188. The van der Waals surface area contributed by atoms with E-state index >= 15 is 0 Å². The van der Waals surface area contributed by atoms with Crippen LogP contribution in [0.25, 0.3) is 0 Å². The number of hydrogen-bond acceptors (Lipinski definition) is 4. The lowest BCUT2D eigenvalue weighted by molar-refractivity contribution is -0.123. The Morgan fingerprint density at radius 2 is 1.81 bits per heavy atom. The van der Waals surface area contributed by atoms with E-state index in [0.29, 0.717) is 36.5 Å². The van der Waals surface area contributed by atoms with Gasteiger partial charge in [-0.2, -0.15) is 0 Å². The number of ether oxygens (including phenoxy) is 1. The fourth-order valence-electron chi connectivity index (χ4n) is 2.41. The van der Waals surface area contributed by atoms with Gasteiger partial charge < -0.3 is 15.0 Å². The molecule has 0 aromatic heterocycles. The first-order valence-electron chi connectivity index (χ1n) is 8.43. The van der Waals surface area contributed by atoms with Gasteiger partial charge in [-0.3, -0.25) is 9.59 Å². The molecule has 26 heavy (non-hydrogen) atoms. The number of carbonyl (C=O) groups is 2. The number of hydrogen-bond donors (Lipinski definition) is 1. The molecule has 0 aliphatic rings. The van der Waals surface area contributed by atoms with Crippen LogP contribution in [0.2, 0.25) is 0 Å². The molecule has 2 rings (SSSR count). The normalized spacial score (nSPS) is 10.3. The van der Waals surface area contributed by atoms with Gasteiger partial charge in [0.15, 0.2) is 12.4 Å². The van der Waals surface area contributed by atoms with E-state index in [-0.39, 0.29) is 24.1 Å². The van der Waals surface area contributed by atoms with Crippen LogP contribution in [0.1, 0.15) is 23.7 Å². The van der Waals surface area contributed by atoms with Gasteiger partial charge in [0.2, 0.25) is 0 Å². The summed E-state index contributed by atoms with van der Waals surface area (Å²) in [5.41, 5.74) is 1.14. The Balaban J connectivity index is 1.66. The van der Waals surface area contributed by atoms with Gasteiger partial charge >= 0.3 is 0 Å². The number of halogens is 1. The van der Waals surface area contributed by atoms with Gasteiger partial charge in [-0.15, -0.1) is 0 Å². The van der Waals surface area contributed by atoms with Gasteiger partial charge in [-0.1, -0.05) is 12.1 Å². The maximum Gasteiger partial charge on any atom is 0.257 e. The second kappa shape index (κ2) is 9.56. The molecule has 5 nitrogen and oxygen atoms in total. The Morgan fingerprint density at radius 1 is 1.12 bits per heavy atom. The summed E-state index contributed by atoms with van der Waals surface area (Å²) in [5, 5.41) is 2.77. The second-order valence-corrected chi connectivity index (χ2v) is 5.95. The van der Waals surface area contributed by atoms with Gasteiger partial charge in [0.1, 0.15) is 11.6 Å². The maximum atomic E-state index is 13.7. The van der Waals surface area contributed by atoms with Crippen molar-refractivity contribution < 1.29 is 18.7 Å². The van der Waals surface area contributed by atoms with Crippen LogP contribution in [0, 0.1) is 5.82 Å². The van der Waals surface area contributed by atoms with Crippen molar-refractivity contribution in [3.05, 3.63) is 59.9 Å². The highest BCUT2D eigenvalue weighted by atomic mass is 19.1. The fraction of sp³-hybridized carbons (Fsp3) is 0.300. The van der Waals surface area contributed by atoms with E-state index in [1.165, 1.54) is 13.0 Å². The molecule has 2 aromatic carbocycles. The molecule has 0 radical (unpaired) electrons. The molecule has 0 saturated heterocycles. The molecule has 0 fully saturated rings. The summed E-state index contributed by atoms with van der Waals surface area (Å²) < 4.78 is 19.0. The molecule has 2 aromatic rings. The predicted molar refractivity (Wildman–Crippen MR) is 99.2 cm³/mol. The molecule has 0 aliphatic carbocycles. The average Bonchev–Trinajstić information content (AvgIpc) is 2.64. The second-order valence-electron chi connectivity index (χ2n) is 5.95. The minimum Gasteiger partial charge on any atom is -0.484 e. The summed E-state index contributed by atoms with van der Waals surface area (Å²) in [4.78, 5) is 24.8. The number of rotatable bonds is 9. The van der Waals surface area contributed by atoms with Crippen molar-refractivity contribution in [3.8, 4) is 5.75 Å². The molecule has 0 atom stereocenters. The molecule has 1 amide bonds. The first-order valence-corrected chi connectivity index (χ1v) is 8.43. The van der Waals surface area contributed by atoms with Crippen LogP contribution < -0.4 is 15.0 Å². The van der Waals surface area contributed by atoms with Gasteiger partial charge in [0, 0.05) is 25.7 Å². The van der Waals surface area contributed by atoms with Crippen molar-refractivity contribution in [2.24, 2.45) is 0 Å². The SMILES string of the molecule is CC(=O)c1ccc(OCC(=O)NCCCN(C)c2ccccc2F)cc1. The average molecular weight is 358 g/mol. The number of anilines is 1. The highest BCUT2D eigenvalue weighted by Gasteiger charge is 2.07. The van der Waals surface area contributed by atoms with E-state index in [4.69, 9.17) is 4.74 Å². The van der Waals surface area contributed by atoms with Gasteiger partial charge in [-0.25, -0.2) is 4.39 Å². The molecule has 0 heterocycles. The lowest BCUT2D eigenvalue weighted by atomic mass is 10.1. The maximum absolute atomic E-state index is 13.7. The number of nitrogens with zero attached hydrogens (tertiary/aromatic N) is 1. The number of amides is 1. The van der Waals surface area contributed by atoms with Crippen molar-refractivity contribution in [2.75, 3.05) is 31.6 Å². The summed E-state index contributed by atoms with van der Waals surface area (Å²) in [6, 6.07) is 13.2. The third-order valence-electron chi connectivity index (χ3n) is 3.89.